The number of carbonyl (C=O) groups excluding carboxylic acids is 1. The minimum atomic E-state index is 0.173. The third kappa shape index (κ3) is 5.49. The molecule has 0 bridgehead atoms. The highest BCUT2D eigenvalue weighted by Crippen LogP contribution is 2.40. The lowest BCUT2D eigenvalue weighted by atomic mass is 9.94. The van der Waals surface area contributed by atoms with E-state index in [1.807, 2.05) is 39.8 Å². The molecule has 4 heteroatoms. The quantitative estimate of drug-likeness (QED) is 0.542. The van der Waals surface area contributed by atoms with Crippen LogP contribution < -0.4 is 0 Å². The van der Waals surface area contributed by atoms with E-state index in [4.69, 9.17) is 0 Å². The van der Waals surface area contributed by atoms with E-state index in [9.17, 15) is 4.79 Å². The summed E-state index contributed by atoms with van der Waals surface area (Å²) >= 11 is 0. The smallest absolute Gasteiger partial charge is 0.151 e. The summed E-state index contributed by atoms with van der Waals surface area (Å²) < 4.78 is 0. The van der Waals surface area contributed by atoms with Crippen LogP contribution in [0.25, 0.3) is 0 Å². The van der Waals surface area contributed by atoms with Gasteiger partial charge in [0, 0.05) is 16.9 Å². The fraction of sp³-hybridized carbons (Fsp3) is 0.533. The predicted molar refractivity (Wildman–Crippen MR) is 90.7 cm³/mol. The summed E-state index contributed by atoms with van der Waals surface area (Å²) in [6.45, 7) is 0. The van der Waals surface area contributed by atoms with Gasteiger partial charge in [0.25, 0.3) is 0 Å². The molecule has 1 aromatic carbocycles. The van der Waals surface area contributed by atoms with Crippen molar-refractivity contribution < 1.29 is 4.79 Å². The first kappa shape index (κ1) is 15.4. The molecular weight excluding hydrogens is 291 g/mol. The first-order valence-electron chi connectivity index (χ1n) is 6.87. The van der Waals surface area contributed by atoms with Crippen LogP contribution in [0.3, 0.4) is 0 Å². The number of hydrogen-bond acceptors (Lipinski definition) is 3. The summed E-state index contributed by atoms with van der Waals surface area (Å²) in [4.78, 5) is 11.7. The van der Waals surface area contributed by atoms with E-state index in [0.29, 0.717) is 0 Å². The molecular formula is C15H21OPS2. The van der Waals surface area contributed by atoms with Crippen LogP contribution in [0, 0.1) is 5.92 Å². The van der Waals surface area contributed by atoms with E-state index in [-0.39, 0.29) is 11.4 Å². The molecule has 104 valence electrons. The third-order valence-electron chi connectivity index (χ3n) is 3.53. The lowest BCUT2D eigenvalue weighted by Crippen LogP contribution is -2.12. The molecule has 1 aliphatic heterocycles. The van der Waals surface area contributed by atoms with Gasteiger partial charge in [-0.1, -0.05) is 67.6 Å². The minimum Gasteiger partial charge on any atom is -0.295 e. The average molecular weight is 312 g/mol. The van der Waals surface area contributed by atoms with Gasteiger partial charge in [0.05, 0.1) is 0 Å². The summed E-state index contributed by atoms with van der Waals surface area (Å²) in [7, 11) is 6.40. The molecule has 1 nitrogen and oxygen atoms in total. The Morgan fingerprint density at radius 2 is 2.16 bits per heavy atom. The van der Waals surface area contributed by atoms with Crippen molar-refractivity contribution in [3.63, 3.8) is 0 Å². The Bertz CT molecular complexity index is 390. The van der Waals surface area contributed by atoms with Crippen LogP contribution in [0.15, 0.2) is 30.3 Å². The van der Waals surface area contributed by atoms with Gasteiger partial charge in [-0.05, 0) is 31.2 Å². The molecule has 3 unspecified atom stereocenters. The lowest BCUT2D eigenvalue weighted by molar-refractivity contribution is -0.114. The first-order valence-corrected chi connectivity index (χ1v) is 9.83. The maximum atomic E-state index is 11.7. The number of rotatable bonds is 7. The third-order valence-corrected chi connectivity index (χ3v) is 7.01. The van der Waals surface area contributed by atoms with Gasteiger partial charge in [-0.15, -0.1) is 0 Å². The van der Waals surface area contributed by atoms with Gasteiger partial charge in [0.2, 0.25) is 0 Å². The molecule has 0 N–H and O–H groups in total. The van der Waals surface area contributed by atoms with Crippen LogP contribution in [0.4, 0.5) is 0 Å². The highest BCUT2D eigenvalue weighted by Gasteiger charge is 2.19. The zero-order valence-corrected chi connectivity index (χ0v) is 13.9. The highest BCUT2D eigenvalue weighted by molar-refractivity contribution is 8.77. The maximum absolute atomic E-state index is 11.7. The summed E-state index contributed by atoms with van der Waals surface area (Å²) in [6.07, 6.45) is 5.69. The van der Waals surface area contributed by atoms with Crippen molar-refractivity contribution in [2.75, 3.05) is 5.75 Å². The molecule has 1 aliphatic rings. The Morgan fingerprint density at radius 1 is 1.37 bits per heavy atom. The number of hydrogen-bond donors (Lipinski definition) is 0. The average Bonchev–Trinajstić information content (AvgIpc) is 2.92. The van der Waals surface area contributed by atoms with Crippen LogP contribution in [0.1, 0.15) is 31.2 Å². The highest BCUT2D eigenvalue weighted by atomic mass is 33.1. The van der Waals surface area contributed by atoms with Gasteiger partial charge >= 0.3 is 0 Å². The van der Waals surface area contributed by atoms with Crippen LogP contribution in [0.5, 0.6) is 0 Å². The first-order chi connectivity index (χ1) is 9.25. The van der Waals surface area contributed by atoms with Gasteiger partial charge in [-0.3, -0.25) is 4.79 Å². The van der Waals surface area contributed by atoms with Gasteiger partial charge in [0.1, 0.15) is 0 Å². The van der Waals surface area contributed by atoms with Crippen LogP contribution in [-0.4, -0.2) is 16.5 Å². The zero-order valence-electron chi connectivity index (χ0n) is 11.1. The minimum absolute atomic E-state index is 0.173. The molecule has 1 aromatic rings. The van der Waals surface area contributed by atoms with Crippen LogP contribution in [0.2, 0.25) is 0 Å². The van der Waals surface area contributed by atoms with Crippen molar-refractivity contribution in [2.45, 2.75) is 37.4 Å². The molecule has 0 aliphatic carbocycles. The van der Waals surface area contributed by atoms with E-state index in [1.165, 1.54) is 30.6 Å². The Hall–Kier alpha value is 0.0200. The second-order valence-corrected chi connectivity index (χ2v) is 8.41. The summed E-state index contributed by atoms with van der Waals surface area (Å²) in [6, 6.07) is 10.3. The number of benzene rings is 1. The number of carbonyl (C=O) groups is 1. The summed E-state index contributed by atoms with van der Waals surface area (Å²) in [5, 5.41) is 0.821. The van der Waals surface area contributed by atoms with E-state index >= 15 is 0 Å². The van der Waals surface area contributed by atoms with Crippen molar-refractivity contribution in [1.82, 2.24) is 0 Å². The monoisotopic (exact) mass is 312 g/mol. The molecule has 0 spiro atoms. The molecule has 0 aromatic heterocycles. The molecule has 1 saturated heterocycles. The van der Waals surface area contributed by atoms with Crippen molar-refractivity contribution in [3.05, 3.63) is 35.9 Å². The van der Waals surface area contributed by atoms with Crippen molar-refractivity contribution in [2.24, 2.45) is 5.92 Å². The van der Waals surface area contributed by atoms with E-state index < -0.39 is 0 Å². The SMILES string of the molecule is O=C(P)C(CCCC1CCSS1)Cc1ccccc1. The van der Waals surface area contributed by atoms with Gasteiger partial charge in [-0.2, -0.15) is 0 Å². The lowest BCUT2D eigenvalue weighted by Gasteiger charge is -2.15. The predicted octanol–water partition coefficient (Wildman–Crippen LogP) is 4.57. The van der Waals surface area contributed by atoms with Gasteiger partial charge in [-0.25, -0.2) is 0 Å². The molecule has 2 rings (SSSR count). The standard InChI is InChI=1S/C15H21OPS2/c16-15(17)13(11-12-5-2-1-3-6-12)7-4-8-14-9-10-18-19-14/h1-3,5-6,13-14H,4,7-11,17H2. The molecule has 1 fully saturated rings. The fourth-order valence-corrected chi connectivity index (χ4v) is 5.71. The molecule has 19 heavy (non-hydrogen) atoms. The zero-order chi connectivity index (χ0) is 13.5. The molecule has 1 heterocycles. The van der Waals surface area contributed by atoms with Gasteiger partial charge < -0.3 is 0 Å². The van der Waals surface area contributed by atoms with Crippen molar-refractivity contribution in [3.8, 4) is 0 Å². The molecule has 0 amide bonds. The Labute approximate surface area is 126 Å². The molecule has 0 saturated carbocycles. The molecule has 0 radical (unpaired) electrons. The maximum Gasteiger partial charge on any atom is 0.151 e. The second-order valence-electron chi connectivity index (χ2n) is 5.05. The largest absolute Gasteiger partial charge is 0.295 e. The normalized spacial score (nSPS) is 20.4. The topological polar surface area (TPSA) is 17.1 Å². The summed E-state index contributed by atoms with van der Waals surface area (Å²) in [5.41, 5.74) is 1.53. The second kappa shape index (κ2) is 8.34. The Kier molecular flexibility index (Phi) is 6.76. The Balaban J connectivity index is 1.77. The van der Waals surface area contributed by atoms with Gasteiger partial charge in [0.15, 0.2) is 5.52 Å². The molecule has 3 atom stereocenters. The van der Waals surface area contributed by atoms with Crippen molar-refractivity contribution >= 4 is 36.4 Å². The summed E-state index contributed by atoms with van der Waals surface area (Å²) in [5.74, 6) is 1.47. The van der Waals surface area contributed by atoms with Crippen LogP contribution in [-0.2, 0) is 11.2 Å². The Morgan fingerprint density at radius 3 is 2.79 bits per heavy atom. The van der Waals surface area contributed by atoms with E-state index in [1.54, 1.807) is 0 Å². The van der Waals surface area contributed by atoms with Crippen LogP contribution >= 0.6 is 30.8 Å². The van der Waals surface area contributed by atoms with E-state index in [0.717, 1.165) is 18.1 Å². The van der Waals surface area contributed by atoms with Crippen molar-refractivity contribution in [1.29, 1.82) is 0 Å². The van der Waals surface area contributed by atoms with E-state index in [2.05, 4.69) is 21.4 Å². The fourth-order valence-electron chi connectivity index (χ4n) is 2.40.